The third-order valence-electron chi connectivity index (χ3n) is 1.44. The van der Waals surface area contributed by atoms with Crippen LogP contribution in [0.5, 0.6) is 0 Å². The molecule has 0 radical (unpaired) electrons. The molecule has 84 valence electrons. The van der Waals surface area contributed by atoms with Crippen LogP contribution in [0.2, 0.25) is 5.02 Å². The Kier molecular flexibility index (Phi) is 3.47. The van der Waals surface area contributed by atoms with Crippen molar-refractivity contribution in [2.45, 2.75) is 11.3 Å². The van der Waals surface area contributed by atoms with Gasteiger partial charge in [-0.1, -0.05) is 11.6 Å². The molecule has 0 unspecified atom stereocenters. The summed E-state index contributed by atoms with van der Waals surface area (Å²) >= 11 is 5.30. The van der Waals surface area contributed by atoms with E-state index in [0.29, 0.717) is 6.20 Å². The Morgan fingerprint density at radius 3 is 2.27 bits per heavy atom. The van der Waals surface area contributed by atoms with E-state index in [2.05, 4.69) is 4.98 Å². The first-order chi connectivity index (χ1) is 6.75. The largest absolute Gasteiger partial charge is 0.269 e. The molecule has 0 aliphatic heterocycles. The number of nitrogens with zero attached hydrogens (tertiary/aromatic N) is 1. The summed E-state index contributed by atoms with van der Waals surface area (Å²) in [7, 11) is 0.294. The maximum atomic E-state index is 12.8. The predicted octanol–water partition coefficient (Wildman–Crippen LogP) is 2.74. The number of hydrogen-bond acceptors (Lipinski definition) is 3. The van der Waals surface area contributed by atoms with Crippen molar-refractivity contribution in [2.24, 2.45) is 0 Å². The molecule has 1 aromatic rings. The lowest BCUT2D eigenvalue weighted by Crippen LogP contribution is -2.05. The normalized spacial score (nSPS) is 12.1. The molecule has 0 fully saturated rings. The molecule has 1 rings (SSSR count). The number of alkyl halides is 2. The van der Waals surface area contributed by atoms with Crippen molar-refractivity contribution in [2.75, 3.05) is 0 Å². The van der Waals surface area contributed by atoms with Crippen LogP contribution in [0.25, 0.3) is 0 Å². The van der Waals surface area contributed by atoms with Crippen LogP contribution < -0.4 is 0 Å². The fraction of sp³-hybridized carbons (Fsp3) is 0.167. The second kappa shape index (κ2) is 4.15. The molecule has 1 heterocycles. The summed E-state index contributed by atoms with van der Waals surface area (Å²) in [6.07, 6.45) is -2.78. The molecular weight excluding hydrogens is 278 g/mol. The van der Waals surface area contributed by atoms with E-state index in [-0.39, 0.29) is 0 Å². The van der Waals surface area contributed by atoms with E-state index in [1.54, 1.807) is 0 Å². The fourth-order valence-corrected chi connectivity index (χ4v) is 2.69. The number of halogens is 5. The summed E-state index contributed by atoms with van der Waals surface area (Å²) < 4.78 is 59.3. The Balaban J connectivity index is 3.68. The van der Waals surface area contributed by atoms with Gasteiger partial charge in [0, 0.05) is 10.7 Å². The van der Waals surface area contributed by atoms with Crippen molar-refractivity contribution in [3.8, 4) is 0 Å². The first kappa shape index (κ1) is 12.5. The van der Waals surface area contributed by atoms with Gasteiger partial charge in [0.25, 0.3) is 15.5 Å². The molecule has 0 amide bonds. The van der Waals surface area contributed by atoms with Crippen molar-refractivity contribution in [1.82, 2.24) is 4.98 Å². The van der Waals surface area contributed by atoms with E-state index >= 15 is 0 Å². The minimum atomic E-state index is -4.55. The van der Waals surface area contributed by atoms with Crippen LogP contribution in [-0.4, -0.2) is 13.4 Å². The van der Waals surface area contributed by atoms with E-state index in [4.69, 9.17) is 22.3 Å². The summed E-state index contributed by atoms with van der Waals surface area (Å²) in [5, 5.41) is -0.651. The molecule has 0 atom stereocenters. The summed E-state index contributed by atoms with van der Waals surface area (Å²) in [4.78, 5) is 1.73. The van der Waals surface area contributed by atoms with Gasteiger partial charge in [-0.2, -0.15) is 4.39 Å². The Morgan fingerprint density at radius 1 is 1.40 bits per heavy atom. The average molecular weight is 280 g/mol. The van der Waals surface area contributed by atoms with Crippen LogP contribution in [0.3, 0.4) is 0 Å². The monoisotopic (exact) mass is 279 g/mol. The van der Waals surface area contributed by atoms with Gasteiger partial charge in [0.2, 0.25) is 5.95 Å². The van der Waals surface area contributed by atoms with Gasteiger partial charge in [-0.3, -0.25) is 0 Å². The minimum Gasteiger partial charge on any atom is -0.226 e. The summed E-state index contributed by atoms with van der Waals surface area (Å²) in [5.41, 5.74) is -1.42. The highest BCUT2D eigenvalue weighted by molar-refractivity contribution is 8.13. The Hall–Kier alpha value is -0.530. The van der Waals surface area contributed by atoms with Crippen molar-refractivity contribution in [3.05, 3.63) is 22.7 Å². The van der Waals surface area contributed by atoms with Gasteiger partial charge in [-0.05, 0) is 0 Å². The summed E-state index contributed by atoms with van der Waals surface area (Å²) in [5.74, 6) is -1.62. The molecule has 0 spiro atoms. The fourth-order valence-electron chi connectivity index (χ4n) is 0.901. The lowest BCUT2D eigenvalue weighted by Gasteiger charge is -2.07. The average Bonchev–Trinajstić information content (AvgIpc) is 2.05. The molecule has 0 saturated heterocycles. The van der Waals surface area contributed by atoms with Crippen molar-refractivity contribution in [1.29, 1.82) is 0 Å². The highest BCUT2D eigenvalue weighted by Crippen LogP contribution is 2.34. The van der Waals surface area contributed by atoms with Crippen LogP contribution in [0.15, 0.2) is 11.1 Å². The first-order valence-corrected chi connectivity index (χ1v) is 6.00. The quantitative estimate of drug-likeness (QED) is 0.618. The van der Waals surface area contributed by atoms with E-state index in [1.807, 2.05) is 0 Å². The summed E-state index contributed by atoms with van der Waals surface area (Å²) in [6.45, 7) is 0. The highest BCUT2D eigenvalue weighted by atomic mass is 35.7. The van der Waals surface area contributed by atoms with Crippen LogP contribution in [0.1, 0.15) is 12.0 Å². The Bertz CT molecular complexity index is 491. The van der Waals surface area contributed by atoms with Crippen LogP contribution in [0.4, 0.5) is 13.2 Å². The molecule has 9 heteroatoms. The number of rotatable bonds is 2. The molecule has 0 aliphatic carbocycles. The summed E-state index contributed by atoms with van der Waals surface area (Å²) in [6, 6.07) is 0. The van der Waals surface area contributed by atoms with E-state index < -0.39 is 36.9 Å². The first-order valence-electron chi connectivity index (χ1n) is 3.32. The third kappa shape index (κ3) is 2.53. The predicted molar refractivity (Wildman–Crippen MR) is 47.2 cm³/mol. The molecule has 0 aliphatic rings. The third-order valence-corrected chi connectivity index (χ3v) is 3.23. The molecular formula is C6H2Cl2F3NO2S. The second-order valence-corrected chi connectivity index (χ2v) is 5.29. The van der Waals surface area contributed by atoms with Gasteiger partial charge in [0.05, 0.1) is 16.8 Å². The van der Waals surface area contributed by atoms with E-state index in [1.165, 1.54) is 0 Å². The van der Waals surface area contributed by atoms with Crippen molar-refractivity contribution < 1.29 is 21.6 Å². The molecule has 0 aromatic carbocycles. The van der Waals surface area contributed by atoms with Gasteiger partial charge in [0.1, 0.15) is 4.90 Å². The Morgan fingerprint density at radius 2 is 1.93 bits per heavy atom. The molecule has 0 bridgehead atoms. The van der Waals surface area contributed by atoms with Gasteiger partial charge >= 0.3 is 0 Å². The minimum absolute atomic E-state index is 0.595. The maximum Gasteiger partial charge on any atom is 0.269 e. The lowest BCUT2D eigenvalue weighted by atomic mass is 10.3. The number of aromatic nitrogens is 1. The smallest absolute Gasteiger partial charge is 0.226 e. The standard InChI is InChI=1S/C6H2Cl2F3NO2S/c7-2-1-12-6(11)3(5(9)10)4(2)15(8,13)14/h1,5H. The van der Waals surface area contributed by atoms with E-state index in [9.17, 15) is 21.6 Å². The molecule has 0 N–H and O–H groups in total. The van der Waals surface area contributed by atoms with E-state index in [0.717, 1.165) is 0 Å². The molecule has 1 aromatic heterocycles. The lowest BCUT2D eigenvalue weighted by molar-refractivity contribution is 0.141. The maximum absolute atomic E-state index is 12.8. The molecule has 15 heavy (non-hydrogen) atoms. The zero-order valence-electron chi connectivity index (χ0n) is 6.72. The van der Waals surface area contributed by atoms with Gasteiger partial charge in [-0.25, -0.2) is 22.2 Å². The molecule has 0 saturated carbocycles. The van der Waals surface area contributed by atoms with Crippen molar-refractivity contribution in [3.63, 3.8) is 0 Å². The highest BCUT2D eigenvalue weighted by Gasteiger charge is 2.29. The van der Waals surface area contributed by atoms with Crippen LogP contribution in [-0.2, 0) is 9.05 Å². The number of hydrogen-bond donors (Lipinski definition) is 0. The SMILES string of the molecule is O=S(=O)(Cl)c1c(Cl)cnc(F)c1C(F)F. The molecule has 3 nitrogen and oxygen atoms in total. The van der Waals surface area contributed by atoms with Gasteiger partial charge in [-0.15, -0.1) is 0 Å². The zero-order chi connectivity index (χ0) is 11.8. The second-order valence-electron chi connectivity index (χ2n) is 2.38. The van der Waals surface area contributed by atoms with Crippen molar-refractivity contribution >= 4 is 31.3 Å². The van der Waals surface area contributed by atoms with Gasteiger partial charge < -0.3 is 0 Å². The van der Waals surface area contributed by atoms with Crippen LogP contribution in [0, 0.1) is 5.95 Å². The number of pyridine rings is 1. The van der Waals surface area contributed by atoms with Crippen LogP contribution >= 0.6 is 22.3 Å². The topological polar surface area (TPSA) is 47.0 Å². The Labute approximate surface area is 92.2 Å². The zero-order valence-corrected chi connectivity index (χ0v) is 9.04. The van der Waals surface area contributed by atoms with Gasteiger partial charge in [0.15, 0.2) is 0 Å².